The summed E-state index contributed by atoms with van der Waals surface area (Å²) in [5, 5.41) is 4.88. The number of rotatable bonds is 1. The molecule has 6 heteroatoms. The van der Waals surface area contributed by atoms with E-state index in [4.69, 9.17) is 4.42 Å². The highest BCUT2D eigenvalue weighted by atomic mass is 19.1. The zero-order valence-electron chi connectivity index (χ0n) is 12.9. The number of hydrogen-bond acceptors (Lipinski definition) is 3. The lowest BCUT2D eigenvalue weighted by Crippen LogP contribution is -2.44. The average Bonchev–Trinajstić information content (AvgIpc) is 3.13. The number of benzene rings is 1. The van der Waals surface area contributed by atoms with Crippen molar-refractivity contribution in [2.24, 2.45) is 0 Å². The maximum Gasteiger partial charge on any atom is 0.295 e. The van der Waals surface area contributed by atoms with Crippen LogP contribution in [0.2, 0.25) is 0 Å². The number of hydrogen-bond donors (Lipinski definition) is 0. The normalized spacial score (nSPS) is 20.7. The summed E-state index contributed by atoms with van der Waals surface area (Å²) in [6.45, 7) is 4.09. The summed E-state index contributed by atoms with van der Waals surface area (Å²) in [4.78, 5) is 14.6. The molecular weight excluding hydrogens is 297 g/mol. The minimum Gasteiger partial charge on any atom is -0.451 e. The van der Waals surface area contributed by atoms with Crippen LogP contribution in [0.4, 0.5) is 10.2 Å². The lowest BCUT2D eigenvalue weighted by Gasteiger charge is -2.36. The van der Waals surface area contributed by atoms with Gasteiger partial charge in [-0.15, -0.1) is 0 Å². The smallest absolute Gasteiger partial charge is 0.295 e. The van der Waals surface area contributed by atoms with E-state index in [0.29, 0.717) is 11.0 Å². The molecular formula is C17H16FN3O2. The molecule has 0 spiro atoms. The van der Waals surface area contributed by atoms with Crippen molar-refractivity contribution in [1.29, 1.82) is 0 Å². The first kappa shape index (κ1) is 14.0. The highest BCUT2D eigenvalue weighted by Gasteiger charge is 2.34. The van der Waals surface area contributed by atoms with E-state index in [9.17, 15) is 9.18 Å². The van der Waals surface area contributed by atoms with E-state index in [1.54, 1.807) is 17.2 Å². The number of amides is 1. The molecule has 0 radical (unpaired) electrons. The summed E-state index contributed by atoms with van der Waals surface area (Å²) >= 11 is 0. The first-order valence-electron chi connectivity index (χ1n) is 7.61. The quantitative estimate of drug-likeness (QED) is 0.687. The standard InChI is InChI=1S/C17H16FN3O2/c1-10-7-11(2)21-16(5-6-19-21)20(10)17(22)15-9-12-8-13(18)3-4-14(12)23-15/h3-6,8-11H,7H2,1-2H3/t10-,11+/m1/s1. The SMILES string of the molecule is C[C@@H]1C[C@H](C)n2nccc2N1C(=O)c1cc2cc(F)ccc2o1. The molecule has 3 aromatic rings. The van der Waals surface area contributed by atoms with Gasteiger partial charge < -0.3 is 4.42 Å². The predicted octanol–water partition coefficient (Wildman–Crippen LogP) is 3.77. The minimum absolute atomic E-state index is 0.0339. The van der Waals surface area contributed by atoms with Gasteiger partial charge in [-0.1, -0.05) is 0 Å². The minimum atomic E-state index is -0.351. The first-order chi connectivity index (χ1) is 11.0. The van der Waals surface area contributed by atoms with Gasteiger partial charge in [0.1, 0.15) is 17.2 Å². The second-order valence-corrected chi connectivity index (χ2v) is 6.04. The predicted molar refractivity (Wildman–Crippen MR) is 84.0 cm³/mol. The van der Waals surface area contributed by atoms with Crippen LogP contribution in [-0.4, -0.2) is 21.7 Å². The van der Waals surface area contributed by atoms with Crippen LogP contribution >= 0.6 is 0 Å². The van der Waals surface area contributed by atoms with Gasteiger partial charge in [-0.2, -0.15) is 5.10 Å². The number of furan rings is 1. The molecule has 2 atom stereocenters. The topological polar surface area (TPSA) is 51.3 Å². The molecule has 2 aromatic heterocycles. The van der Waals surface area contributed by atoms with Gasteiger partial charge in [0, 0.05) is 17.5 Å². The van der Waals surface area contributed by atoms with Gasteiger partial charge in [0.05, 0.1) is 12.2 Å². The highest BCUT2D eigenvalue weighted by Crippen LogP contribution is 2.33. The molecule has 1 amide bonds. The van der Waals surface area contributed by atoms with Crippen LogP contribution in [0, 0.1) is 5.82 Å². The lowest BCUT2D eigenvalue weighted by atomic mass is 10.1. The number of nitrogens with zero attached hydrogens (tertiary/aromatic N) is 3. The van der Waals surface area contributed by atoms with Crippen molar-refractivity contribution in [2.45, 2.75) is 32.4 Å². The monoisotopic (exact) mass is 313 g/mol. The van der Waals surface area contributed by atoms with E-state index >= 15 is 0 Å². The zero-order valence-corrected chi connectivity index (χ0v) is 12.9. The summed E-state index contributed by atoms with van der Waals surface area (Å²) in [5.74, 6) is 0.380. The summed E-state index contributed by atoms with van der Waals surface area (Å²) in [5.41, 5.74) is 0.501. The molecule has 5 nitrogen and oxygen atoms in total. The van der Waals surface area contributed by atoms with Crippen LogP contribution in [0.15, 0.2) is 40.9 Å². The number of halogens is 1. The van der Waals surface area contributed by atoms with E-state index in [1.807, 2.05) is 17.7 Å². The molecule has 0 saturated heterocycles. The number of carbonyl (C=O) groups excluding carboxylic acids is 1. The van der Waals surface area contributed by atoms with Crippen molar-refractivity contribution < 1.29 is 13.6 Å². The van der Waals surface area contributed by atoms with Gasteiger partial charge in [-0.25, -0.2) is 9.07 Å². The molecule has 118 valence electrons. The average molecular weight is 313 g/mol. The van der Waals surface area contributed by atoms with E-state index in [-0.39, 0.29) is 29.6 Å². The molecule has 3 heterocycles. The van der Waals surface area contributed by atoms with Crippen molar-refractivity contribution in [2.75, 3.05) is 4.90 Å². The molecule has 0 N–H and O–H groups in total. The fraction of sp³-hybridized carbons (Fsp3) is 0.294. The summed E-state index contributed by atoms with van der Waals surface area (Å²) in [6, 6.07) is 7.91. The highest BCUT2D eigenvalue weighted by molar-refractivity contribution is 6.06. The Labute approximate surface area is 132 Å². The third-order valence-corrected chi connectivity index (χ3v) is 4.34. The first-order valence-corrected chi connectivity index (χ1v) is 7.61. The maximum absolute atomic E-state index is 13.3. The van der Waals surface area contributed by atoms with Crippen molar-refractivity contribution in [3.05, 3.63) is 48.1 Å². The Morgan fingerprint density at radius 1 is 1.26 bits per heavy atom. The van der Waals surface area contributed by atoms with Crippen LogP contribution in [0.1, 0.15) is 36.9 Å². The molecule has 23 heavy (non-hydrogen) atoms. The van der Waals surface area contributed by atoms with Crippen LogP contribution in [-0.2, 0) is 0 Å². The number of carbonyl (C=O) groups is 1. The zero-order chi connectivity index (χ0) is 16.1. The Bertz CT molecular complexity index is 898. The van der Waals surface area contributed by atoms with E-state index in [1.165, 1.54) is 18.2 Å². The molecule has 1 aliphatic rings. The Hall–Kier alpha value is -2.63. The number of anilines is 1. The second-order valence-electron chi connectivity index (χ2n) is 6.04. The van der Waals surface area contributed by atoms with Gasteiger partial charge in [-0.3, -0.25) is 9.69 Å². The Morgan fingerprint density at radius 2 is 2.09 bits per heavy atom. The molecule has 1 aliphatic heterocycles. The second kappa shape index (κ2) is 4.94. The number of aromatic nitrogens is 2. The Morgan fingerprint density at radius 3 is 2.91 bits per heavy atom. The number of fused-ring (bicyclic) bond motifs is 2. The van der Waals surface area contributed by atoms with Gasteiger partial charge in [-0.05, 0) is 44.5 Å². The van der Waals surface area contributed by atoms with Crippen molar-refractivity contribution in [3.8, 4) is 0 Å². The van der Waals surface area contributed by atoms with E-state index < -0.39 is 0 Å². The van der Waals surface area contributed by atoms with Gasteiger partial charge >= 0.3 is 0 Å². The molecule has 0 fully saturated rings. The van der Waals surface area contributed by atoms with Crippen molar-refractivity contribution in [3.63, 3.8) is 0 Å². The summed E-state index contributed by atoms with van der Waals surface area (Å²) < 4.78 is 20.8. The fourth-order valence-electron chi connectivity index (χ4n) is 3.30. The molecule has 0 unspecified atom stereocenters. The molecule has 0 bridgehead atoms. The third-order valence-electron chi connectivity index (χ3n) is 4.34. The van der Waals surface area contributed by atoms with Crippen LogP contribution < -0.4 is 4.90 Å². The summed E-state index contributed by atoms with van der Waals surface area (Å²) in [7, 11) is 0. The largest absolute Gasteiger partial charge is 0.451 e. The summed E-state index contributed by atoms with van der Waals surface area (Å²) in [6.07, 6.45) is 2.51. The molecule has 4 rings (SSSR count). The van der Waals surface area contributed by atoms with Crippen LogP contribution in [0.25, 0.3) is 11.0 Å². The van der Waals surface area contributed by atoms with Gasteiger partial charge in [0.25, 0.3) is 5.91 Å². The Kier molecular flexibility index (Phi) is 3.01. The molecule has 0 aliphatic carbocycles. The third kappa shape index (κ3) is 2.13. The van der Waals surface area contributed by atoms with Crippen molar-refractivity contribution >= 4 is 22.7 Å². The maximum atomic E-state index is 13.3. The van der Waals surface area contributed by atoms with E-state index in [0.717, 1.165) is 12.2 Å². The van der Waals surface area contributed by atoms with E-state index in [2.05, 4.69) is 12.0 Å². The van der Waals surface area contributed by atoms with Gasteiger partial charge in [0.2, 0.25) is 0 Å². The Balaban J connectivity index is 1.77. The van der Waals surface area contributed by atoms with Crippen molar-refractivity contribution in [1.82, 2.24) is 9.78 Å². The van der Waals surface area contributed by atoms with Crippen LogP contribution in [0.3, 0.4) is 0 Å². The lowest BCUT2D eigenvalue weighted by molar-refractivity contribution is 0.0942. The molecule has 0 saturated carbocycles. The van der Waals surface area contributed by atoms with Crippen LogP contribution in [0.5, 0.6) is 0 Å². The fourth-order valence-corrected chi connectivity index (χ4v) is 3.30. The molecule has 1 aromatic carbocycles. The van der Waals surface area contributed by atoms with Gasteiger partial charge in [0.15, 0.2) is 5.76 Å².